The van der Waals surface area contributed by atoms with E-state index in [-0.39, 0.29) is 5.92 Å². The molecule has 0 amide bonds. The van der Waals surface area contributed by atoms with Crippen LogP contribution in [-0.4, -0.2) is 36.2 Å². The van der Waals surface area contributed by atoms with Crippen LogP contribution in [0, 0.1) is 5.92 Å². The molecule has 19 heavy (non-hydrogen) atoms. The van der Waals surface area contributed by atoms with E-state index in [1.54, 1.807) is 6.92 Å². The van der Waals surface area contributed by atoms with Crippen molar-refractivity contribution in [3.05, 3.63) is 35.9 Å². The molecule has 1 heterocycles. The van der Waals surface area contributed by atoms with Crippen LogP contribution >= 0.6 is 0 Å². The summed E-state index contributed by atoms with van der Waals surface area (Å²) in [5.41, 5.74) is 1.28. The highest BCUT2D eigenvalue weighted by Gasteiger charge is 2.30. The minimum Gasteiger partial charge on any atom is -0.299 e. The van der Waals surface area contributed by atoms with E-state index < -0.39 is 15.4 Å². The van der Waals surface area contributed by atoms with Gasteiger partial charge in [-0.3, -0.25) is 9.45 Å². The predicted octanol–water partition coefficient (Wildman–Crippen LogP) is 2.17. The molecule has 1 aliphatic heterocycles. The van der Waals surface area contributed by atoms with Gasteiger partial charge in [0.25, 0.3) is 10.1 Å². The van der Waals surface area contributed by atoms with Gasteiger partial charge in [-0.05, 0) is 44.3 Å². The lowest BCUT2D eigenvalue weighted by Crippen LogP contribution is -2.38. The average molecular weight is 283 g/mol. The minimum absolute atomic E-state index is 0.0713. The van der Waals surface area contributed by atoms with E-state index in [4.69, 9.17) is 4.55 Å². The lowest BCUT2D eigenvalue weighted by Gasteiger charge is -2.33. The Labute approximate surface area is 115 Å². The summed E-state index contributed by atoms with van der Waals surface area (Å²) in [6.07, 6.45) is 1.65. The van der Waals surface area contributed by atoms with Gasteiger partial charge in [-0.2, -0.15) is 8.42 Å². The highest BCUT2D eigenvalue weighted by Crippen LogP contribution is 2.25. The van der Waals surface area contributed by atoms with Crippen molar-refractivity contribution in [2.24, 2.45) is 5.92 Å². The maximum absolute atomic E-state index is 11.1. The summed E-state index contributed by atoms with van der Waals surface area (Å²) in [6.45, 7) is 4.29. The van der Waals surface area contributed by atoms with E-state index in [0.717, 1.165) is 32.5 Å². The zero-order valence-electron chi connectivity index (χ0n) is 11.2. The molecule has 1 saturated heterocycles. The van der Waals surface area contributed by atoms with E-state index in [9.17, 15) is 8.42 Å². The minimum atomic E-state index is -3.90. The normalized spacial score (nSPS) is 20.3. The molecule has 1 fully saturated rings. The Morgan fingerprint density at radius 3 is 2.37 bits per heavy atom. The number of likely N-dealkylation sites (tertiary alicyclic amines) is 1. The van der Waals surface area contributed by atoms with Crippen molar-refractivity contribution in [2.75, 3.05) is 13.1 Å². The Hall–Kier alpha value is -0.910. The number of piperidine rings is 1. The quantitative estimate of drug-likeness (QED) is 0.860. The van der Waals surface area contributed by atoms with Gasteiger partial charge in [-0.25, -0.2) is 0 Å². The van der Waals surface area contributed by atoms with E-state index in [0.29, 0.717) is 0 Å². The number of rotatable bonds is 4. The molecule has 0 spiro atoms. The van der Waals surface area contributed by atoms with E-state index >= 15 is 0 Å². The fourth-order valence-electron chi connectivity index (χ4n) is 2.67. The zero-order chi connectivity index (χ0) is 13.9. The van der Waals surface area contributed by atoms with E-state index in [1.165, 1.54) is 5.56 Å². The van der Waals surface area contributed by atoms with Crippen LogP contribution in [-0.2, 0) is 16.7 Å². The van der Waals surface area contributed by atoms with Crippen molar-refractivity contribution in [1.82, 2.24) is 4.90 Å². The second-order valence-electron chi connectivity index (χ2n) is 5.32. The Bertz CT molecular complexity index is 493. The largest absolute Gasteiger partial charge is 0.299 e. The topological polar surface area (TPSA) is 57.6 Å². The van der Waals surface area contributed by atoms with Crippen molar-refractivity contribution in [2.45, 2.75) is 31.6 Å². The van der Waals surface area contributed by atoms with Crippen molar-refractivity contribution in [3.63, 3.8) is 0 Å². The number of hydrogen-bond donors (Lipinski definition) is 1. The third kappa shape index (κ3) is 4.03. The molecule has 1 aromatic rings. The third-order valence-electron chi connectivity index (χ3n) is 4.01. The van der Waals surface area contributed by atoms with Gasteiger partial charge in [0.2, 0.25) is 0 Å². The van der Waals surface area contributed by atoms with Gasteiger partial charge in [-0.1, -0.05) is 30.3 Å². The molecule has 106 valence electrons. The first-order valence-corrected chi connectivity index (χ1v) is 8.19. The molecule has 0 bridgehead atoms. The molecule has 1 unspecified atom stereocenters. The van der Waals surface area contributed by atoms with Gasteiger partial charge >= 0.3 is 0 Å². The molecule has 0 aliphatic carbocycles. The van der Waals surface area contributed by atoms with Crippen LogP contribution in [0.1, 0.15) is 25.3 Å². The van der Waals surface area contributed by atoms with Crippen LogP contribution in [0.15, 0.2) is 30.3 Å². The molecule has 0 radical (unpaired) electrons. The molecular weight excluding hydrogens is 262 g/mol. The molecule has 0 aromatic heterocycles. The van der Waals surface area contributed by atoms with Crippen molar-refractivity contribution < 1.29 is 13.0 Å². The lowest BCUT2D eigenvalue weighted by atomic mass is 9.93. The second-order valence-corrected chi connectivity index (χ2v) is 7.09. The summed E-state index contributed by atoms with van der Waals surface area (Å²) in [4.78, 5) is 2.34. The maximum Gasteiger partial charge on any atom is 0.267 e. The lowest BCUT2D eigenvalue weighted by molar-refractivity contribution is 0.174. The third-order valence-corrected chi connectivity index (χ3v) is 5.34. The molecule has 1 N–H and O–H groups in total. The summed E-state index contributed by atoms with van der Waals surface area (Å²) in [5.74, 6) is 0.0713. The second kappa shape index (κ2) is 6.03. The standard InChI is InChI=1S/C14H21NO3S/c1-12(19(16,17)18)14-7-9-15(10-8-14)11-13-5-3-2-4-6-13/h2-6,12,14H,7-11H2,1H3,(H,16,17,18). The Morgan fingerprint density at radius 2 is 1.84 bits per heavy atom. The number of hydrogen-bond acceptors (Lipinski definition) is 3. The monoisotopic (exact) mass is 283 g/mol. The highest BCUT2D eigenvalue weighted by molar-refractivity contribution is 7.86. The molecule has 1 aromatic carbocycles. The summed E-state index contributed by atoms with van der Waals surface area (Å²) >= 11 is 0. The first-order valence-electron chi connectivity index (χ1n) is 6.69. The molecule has 5 heteroatoms. The predicted molar refractivity (Wildman–Crippen MR) is 75.5 cm³/mol. The molecule has 2 rings (SSSR count). The van der Waals surface area contributed by atoms with Crippen molar-refractivity contribution in [1.29, 1.82) is 0 Å². The van der Waals surface area contributed by atoms with Gasteiger partial charge in [0, 0.05) is 6.54 Å². The Morgan fingerprint density at radius 1 is 1.26 bits per heavy atom. The fraction of sp³-hybridized carbons (Fsp3) is 0.571. The zero-order valence-corrected chi connectivity index (χ0v) is 12.0. The van der Waals surface area contributed by atoms with Crippen LogP contribution in [0.4, 0.5) is 0 Å². The van der Waals surface area contributed by atoms with E-state index in [1.807, 2.05) is 18.2 Å². The fourth-order valence-corrected chi connectivity index (χ4v) is 3.42. The van der Waals surface area contributed by atoms with Crippen LogP contribution in [0.5, 0.6) is 0 Å². The number of nitrogens with zero attached hydrogens (tertiary/aromatic N) is 1. The molecule has 1 aliphatic rings. The molecular formula is C14H21NO3S. The highest BCUT2D eigenvalue weighted by atomic mass is 32.2. The maximum atomic E-state index is 11.1. The van der Waals surface area contributed by atoms with Gasteiger partial charge in [0.15, 0.2) is 0 Å². The first-order chi connectivity index (χ1) is 8.97. The molecule has 4 nitrogen and oxygen atoms in total. The SMILES string of the molecule is CC(C1CCN(Cc2ccccc2)CC1)S(=O)(=O)O. The van der Waals surface area contributed by atoms with Gasteiger partial charge < -0.3 is 0 Å². The van der Waals surface area contributed by atoms with Crippen LogP contribution < -0.4 is 0 Å². The summed E-state index contributed by atoms with van der Waals surface area (Å²) in [5, 5.41) is -0.647. The van der Waals surface area contributed by atoms with Gasteiger partial charge in [0.1, 0.15) is 0 Å². The Kier molecular flexibility index (Phi) is 4.60. The van der Waals surface area contributed by atoms with Crippen molar-refractivity contribution >= 4 is 10.1 Å². The van der Waals surface area contributed by atoms with Crippen molar-refractivity contribution in [3.8, 4) is 0 Å². The smallest absolute Gasteiger partial charge is 0.267 e. The van der Waals surface area contributed by atoms with E-state index in [2.05, 4.69) is 17.0 Å². The van der Waals surface area contributed by atoms with Crippen LogP contribution in [0.2, 0.25) is 0 Å². The first kappa shape index (κ1) is 14.5. The summed E-state index contributed by atoms with van der Waals surface area (Å²) in [7, 11) is -3.90. The number of benzene rings is 1. The van der Waals surface area contributed by atoms with Gasteiger partial charge in [0.05, 0.1) is 5.25 Å². The molecule has 1 atom stereocenters. The summed E-state index contributed by atoms with van der Waals surface area (Å²) < 4.78 is 31.4. The van der Waals surface area contributed by atoms with Crippen LogP contribution in [0.25, 0.3) is 0 Å². The molecule has 0 saturated carbocycles. The summed E-state index contributed by atoms with van der Waals surface area (Å²) in [6, 6.07) is 10.3. The Balaban J connectivity index is 1.86. The average Bonchev–Trinajstić information content (AvgIpc) is 2.39. The van der Waals surface area contributed by atoms with Gasteiger partial charge in [-0.15, -0.1) is 0 Å². The van der Waals surface area contributed by atoms with Crippen LogP contribution in [0.3, 0.4) is 0 Å².